The van der Waals surface area contributed by atoms with Crippen LogP contribution in [0.5, 0.6) is 0 Å². The number of aromatic nitrogens is 1. The molecule has 0 saturated heterocycles. The third-order valence-corrected chi connectivity index (χ3v) is 2.49. The highest BCUT2D eigenvalue weighted by Crippen LogP contribution is 2.20. The van der Waals surface area contributed by atoms with E-state index < -0.39 is 12.0 Å². The van der Waals surface area contributed by atoms with Crippen LogP contribution in [-0.4, -0.2) is 22.1 Å². The molecule has 0 aliphatic carbocycles. The highest BCUT2D eigenvalue weighted by atomic mass is 19.1. The van der Waals surface area contributed by atoms with Crippen molar-refractivity contribution in [3.8, 4) is 0 Å². The van der Waals surface area contributed by atoms with Gasteiger partial charge in [0, 0.05) is 23.5 Å². The molecule has 0 saturated carbocycles. The lowest BCUT2D eigenvalue weighted by atomic mass is 10.1. The number of carbonyl (C=O) groups is 1. The molecule has 0 aliphatic heterocycles. The number of fused-ring (bicyclic) bond motifs is 1. The molecule has 1 aromatic carbocycles. The molecule has 98 valence electrons. The van der Waals surface area contributed by atoms with Crippen LogP contribution in [0.4, 0.5) is 4.39 Å². The molecule has 0 amide bonds. The molecule has 0 radical (unpaired) electrons. The van der Waals surface area contributed by atoms with Gasteiger partial charge in [0.2, 0.25) is 0 Å². The first kappa shape index (κ1) is 14.2. The Morgan fingerprint density at radius 3 is 2.78 bits per heavy atom. The predicted molar refractivity (Wildman–Crippen MR) is 68.9 cm³/mol. The van der Waals surface area contributed by atoms with Crippen molar-refractivity contribution >= 4 is 16.9 Å². The van der Waals surface area contributed by atoms with Gasteiger partial charge in [0.15, 0.2) is 0 Å². The highest BCUT2D eigenvalue weighted by molar-refractivity contribution is 5.84. The van der Waals surface area contributed by atoms with Gasteiger partial charge in [-0.3, -0.25) is 4.79 Å². The molecule has 2 aromatic rings. The number of carboxylic acid groups (broad SMARTS) is 1. The van der Waals surface area contributed by atoms with E-state index in [1.807, 2.05) is 13.8 Å². The smallest absolute Gasteiger partial charge is 0.320 e. The first-order valence-corrected chi connectivity index (χ1v) is 5.82. The first-order chi connectivity index (χ1) is 8.58. The summed E-state index contributed by atoms with van der Waals surface area (Å²) in [6.45, 7) is 4.00. The average Bonchev–Trinajstić information content (AvgIpc) is 2.74. The van der Waals surface area contributed by atoms with Gasteiger partial charge >= 0.3 is 5.97 Å². The van der Waals surface area contributed by atoms with E-state index in [0.717, 1.165) is 5.52 Å². The molecule has 0 bridgehead atoms. The summed E-state index contributed by atoms with van der Waals surface area (Å²) in [5.41, 5.74) is 6.91. The minimum absolute atomic E-state index is 0.179. The Balaban J connectivity index is 0.000000771. The van der Waals surface area contributed by atoms with Crippen LogP contribution in [0.25, 0.3) is 10.9 Å². The van der Waals surface area contributed by atoms with Gasteiger partial charge in [-0.2, -0.15) is 0 Å². The van der Waals surface area contributed by atoms with Crippen molar-refractivity contribution in [2.24, 2.45) is 5.73 Å². The SMILES string of the molecule is CC.NC(Cc1c[nH]c2ccc(F)cc12)C(=O)O. The lowest BCUT2D eigenvalue weighted by Crippen LogP contribution is -2.32. The molecule has 4 nitrogen and oxygen atoms in total. The second-order valence-corrected chi connectivity index (χ2v) is 3.65. The van der Waals surface area contributed by atoms with E-state index in [1.54, 1.807) is 12.3 Å². The number of nitrogens with two attached hydrogens (primary N) is 1. The molecule has 5 heteroatoms. The maximum atomic E-state index is 13.0. The number of nitrogens with one attached hydrogen (secondary N) is 1. The summed E-state index contributed by atoms with van der Waals surface area (Å²) in [7, 11) is 0. The maximum Gasteiger partial charge on any atom is 0.320 e. The Hall–Kier alpha value is -1.88. The van der Waals surface area contributed by atoms with E-state index in [2.05, 4.69) is 4.98 Å². The van der Waals surface area contributed by atoms with E-state index in [4.69, 9.17) is 10.8 Å². The van der Waals surface area contributed by atoms with Gasteiger partial charge in [-0.1, -0.05) is 13.8 Å². The van der Waals surface area contributed by atoms with Crippen molar-refractivity contribution in [2.45, 2.75) is 26.3 Å². The topological polar surface area (TPSA) is 79.1 Å². The summed E-state index contributed by atoms with van der Waals surface area (Å²) in [5, 5.41) is 9.38. The molecule has 1 unspecified atom stereocenters. The van der Waals surface area contributed by atoms with Gasteiger partial charge in [-0.25, -0.2) is 4.39 Å². The fourth-order valence-electron chi connectivity index (χ4n) is 1.64. The zero-order valence-electron chi connectivity index (χ0n) is 10.4. The number of aromatic amines is 1. The van der Waals surface area contributed by atoms with Crippen molar-refractivity contribution in [3.05, 3.63) is 35.8 Å². The van der Waals surface area contributed by atoms with Gasteiger partial charge in [-0.15, -0.1) is 0 Å². The number of halogens is 1. The molecule has 1 heterocycles. The van der Waals surface area contributed by atoms with Crippen molar-refractivity contribution < 1.29 is 14.3 Å². The molecule has 1 aromatic heterocycles. The van der Waals surface area contributed by atoms with Crippen LogP contribution in [-0.2, 0) is 11.2 Å². The second kappa shape index (κ2) is 6.16. The predicted octanol–water partition coefficient (Wildman–Crippen LogP) is 2.29. The van der Waals surface area contributed by atoms with Crippen LogP contribution < -0.4 is 5.73 Å². The van der Waals surface area contributed by atoms with Crippen LogP contribution in [0, 0.1) is 5.82 Å². The Morgan fingerprint density at radius 2 is 2.17 bits per heavy atom. The van der Waals surface area contributed by atoms with Gasteiger partial charge in [0.25, 0.3) is 0 Å². The van der Waals surface area contributed by atoms with E-state index in [-0.39, 0.29) is 12.2 Å². The normalized spacial score (nSPS) is 11.8. The van der Waals surface area contributed by atoms with E-state index >= 15 is 0 Å². The lowest BCUT2D eigenvalue weighted by Gasteiger charge is -2.04. The molecule has 0 aliphatic rings. The Kier molecular flexibility index (Phi) is 4.85. The summed E-state index contributed by atoms with van der Waals surface area (Å²) < 4.78 is 13.0. The summed E-state index contributed by atoms with van der Waals surface area (Å²) in [6, 6.07) is 3.36. The summed E-state index contributed by atoms with van der Waals surface area (Å²) in [4.78, 5) is 13.6. The summed E-state index contributed by atoms with van der Waals surface area (Å²) in [5.74, 6) is -1.41. The molecule has 2 rings (SSSR count). The van der Waals surface area contributed by atoms with E-state index in [9.17, 15) is 9.18 Å². The van der Waals surface area contributed by atoms with E-state index in [1.165, 1.54) is 12.1 Å². The highest BCUT2D eigenvalue weighted by Gasteiger charge is 2.14. The van der Waals surface area contributed by atoms with E-state index in [0.29, 0.717) is 10.9 Å². The van der Waals surface area contributed by atoms with Crippen molar-refractivity contribution in [3.63, 3.8) is 0 Å². The average molecular weight is 252 g/mol. The number of rotatable bonds is 3. The van der Waals surface area contributed by atoms with Crippen LogP contribution in [0.1, 0.15) is 19.4 Å². The van der Waals surface area contributed by atoms with Crippen molar-refractivity contribution in [1.82, 2.24) is 4.98 Å². The number of hydrogen-bond acceptors (Lipinski definition) is 2. The number of carboxylic acids is 1. The minimum atomic E-state index is -1.06. The Bertz CT molecular complexity index is 537. The van der Waals surface area contributed by atoms with Gasteiger partial charge < -0.3 is 15.8 Å². The van der Waals surface area contributed by atoms with Crippen LogP contribution in [0.15, 0.2) is 24.4 Å². The number of aliphatic carboxylic acids is 1. The maximum absolute atomic E-state index is 13.0. The van der Waals surface area contributed by atoms with Crippen LogP contribution in [0.3, 0.4) is 0 Å². The number of hydrogen-bond donors (Lipinski definition) is 3. The molecule has 0 spiro atoms. The number of H-pyrrole nitrogens is 1. The second-order valence-electron chi connectivity index (χ2n) is 3.65. The summed E-state index contributed by atoms with van der Waals surface area (Å²) in [6.07, 6.45) is 1.84. The molecular formula is C13H17FN2O2. The lowest BCUT2D eigenvalue weighted by molar-refractivity contribution is -0.138. The third-order valence-electron chi connectivity index (χ3n) is 2.49. The number of benzene rings is 1. The standard InChI is InChI=1S/C11H11FN2O2.C2H6/c12-7-1-2-10-8(4-7)6(5-14-10)3-9(13)11(15)16;1-2/h1-2,4-5,9,14H,3,13H2,(H,15,16);1-2H3. The molecule has 1 atom stereocenters. The fourth-order valence-corrected chi connectivity index (χ4v) is 1.64. The van der Waals surface area contributed by atoms with Crippen LogP contribution in [0.2, 0.25) is 0 Å². The Morgan fingerprint density at radius 1 is 1.50 bits per heavy atom. The molecule has 4 N–H and O–H groups in total. The largest absolute Gasteiger partial charge is 0.480 e. The summed E-state index contributed by atoms with van der Waals surface area (Å²) >= 11 is 0. The first-order valence-electron chi connectivity index (χ1n) is 5.82. The third kappa shape index (κ3) is 3.07. The monoisotopic (exact) mass is 252 g/mol. The molecular weight excluding hydrogens is 235 g/mol. The van der Waals surface area contributed by atoms with Crippen molar-refractivity contribution in [2.75, 3.05) is 0 Å². The van der Waals surface area contributed by atoms with Gasteiger partial charge in [-0.05, 0) is 23.8 Å². The van der Waals surface area contributed by atoms with Gasteiger partial charge in [0.1, 0.15) is 11.9 Å². The Labute approximate surface area is 105 Å². The molecule has 0 fully saturated rings. The minimum Gasteiger partial charge on any atom is -0.480 e. The fraction of sp³-hybridized carbons (Fsp3) is 0.308. The zero-order valence-corrected chi connectivity index (χ0v) is 10.4. The zero-order chi connectivity index (χ0) is 13.7. The quantitative estimate of drug-likeness (QED) is 0.784. The molecule has 18 heavy (non-hydrogen) atoms. The van der Waals surface area contributed by atoms with Crippen LogP contribution >= 0.6 is 0 Å². The van der Waals surface area contributed by atoms with Crippen molar-refractivity contribution in [1.29, 1.82) is 0 Å². The van der Waals surface area contributed by atoms with Gasteiger partial charge in [0.05, 0.1) is 0 Å².